The standard InChI is InChI=1S/C26H27FO4S/c1-18-6-12-25(13-7-18)32(29,30)31-17-24(28)11-9-21-15-22-16-23(27)10-8-19(22)14-20-4-2-3-5-26(20)21/h2-8,10,12-13,16,21,24,28H,9,11,14-15,17H2,1H3/t21-,24+/m0/s1. The summed E-state index contributed by atoms with van der Waals surface area (Å²) < 4.78 is 43.7. The highest BCUT2D eigenvalue weighted by atomic mass is 32.2. The Kier molecular flexibility index (Phi) is 6.74. The third kappa shape index (κ3) is 5.26. The Hall–Kier alpha value is -2.54. The summed E-state index contributed by atoms with van der Waals surface area (Å²) in [6.07, 6.45) is 1.54. The largest absolute Gasteiger partial charge is 0.391 e. The lowest BCUT2D eigenvalue weighted by Crippen LogP contribution is -2.20. The van der Waals surface area contributed by atoms with E-state index in [2.05, 4.69) is 12.1 Å². The Morgan fingerprint density at radius 1 is 1.03 bits per heavy atom. The average molecular weight is 455 g/mol. The maximum absolute atomic E-state index is 13.9. The van der Waals surface area contributed by atoms with Crippen LogP contribution in [-0.2, 0) is 27.1 Å². The number of fused-ring (bicyclic) bond motifs is 2. The predicted molar refractivity (Wildman–Crippen MR) is 122 cm³/mol. The third-order valence-corrected chi connectivity index (χ3v) is 7.38. The van der Waals surface area contributed by atoms with E-state index in [1.165, 1.54) is 29.3 Å². The molecule has 0 radical (unpaired) electrons. The molecule has 0 bridgehead atoms. The SMILES string of the molecule is Cc1ccc(S(=O)(=O)OC[C@H](O)CC[C@H]2Cc3cc(F)ccc3Cc3ccccc32)cc1. The van der Waals surface area contributed by atoms with Crippen molar-refractivity contribution in [3.63, 3.8) is 0 Å². The van der Waals surface area contributed by atoms with Crippen molar-refractivity contribution in [2.75, 3.05) is 6.61 Å². The van der Waals surface area contributed by atoms with Gasteiger partial charge in [0.05, 0.1) is 17.6 Å². The van der Waals surface area contributed by atoms with Crippen LogP contribution in [0.15, 0.2) is 71.6 Å². The van der Waals surface area contributed by atoms with E-state index in [0.717, 1.165) is 23.1 Å². The first-order valence-electron chi connectivity index (χ1n) is 10.8. The van der Waals surface area contributed by atoms with Gasteiger partial charge in [-0.05, 0) is 85.0 Å². The minimum absolute atomic E-state index is 0.0756. The molecule has 0 aromatic heterocycles. The fourth-order valence-corrected chi connectivity index (χ4v) is 5.25. The normalized spacial score (nSPS) is 16.7. The molecule has 4 rings (SSSR count). The van der Waals surface area contributed by atoms with Crippen LogP contribution in [0.4, 0.5) is 4.39 Å². The summed E-state index contributed by atoms with van der Waals surface area (Å²) in [6, 6.07) is 19.5. The van der Waals surface area contributed by atoms with Gasteiger partial charge in [-0.1, -0.05) is 48.0 Å². The molecule has 32 heavy (non-hydrogen) atoms. The second-order valence-electron chi connectivity index (χ2n) is 8.47. The summed E-state index contributed by atoms with van der Waals surface area (Å²) in [6.45, 7) is 1.58. The fourth-order valence-electron chi connectivity index (χ4n) is 4.31. The van der Waals surface area contributed by atoms with Crippen LogP contribution in [0.2, 0.25) is 0 Å². The first-order valence-corrected chi connectivity index (χ1v) is 12.2. The lowest BCUT2D eigenvalue weighted by atomic mass is 9.87. The number of benzene rings is 3. The highest BCUT2D eigenvalue weighted by molar-refractivity contribution is 7.86. The topological polar surface area (TPSA) is 63.6 Å². The van der Waals surface area contributed by atoms with Crippen molar-refractivity contribution < 1.29 is 22.1 Å². The number of aryl methyl sites for hydroxylation is 1. The number of hydrogen-bond acceptors (Lipinski definition) is 4. The van der Waals surface area contributed by atoms with Crippen LogP contribution in [0.5, 0.6) is 0 Å². The fraction of sp³-hybridized carbons (Fsp3) is 0.308. The second-order valence-corrected chi connectivity index (χ2v) is 10.1. The molecule has 3 aromatic carbocycles. The second kappa shape index (κ2) is 9.53. The van der Waals surface area contributed by atoms with Gasteiger partial charge in [0, 0.05) is 0 Å². The van der Waals surface area contributed by atoms with Crippen LogP contribution in [0.3, 0.4) is 0 Å². The summed E-state index contributed by atoms with van der Waals surface area (Å²) in [4.78, 5) is 0.0756. The molecule has 4 nitrogen and oxygen atoms in total. The summed E-state index contributed by atoms with van der Waals surface area (Å²) in [5, 5.41) is 10.4. The Morgan fingerprint density at radius 3 is 2.56 bits per heavy atom. The Bertz CT molecular complexity index is 1190. The van der Waals surface area contributed by atoms with Gasteiger partial charge in [-0.25, -0.2) is 4.39 Å². The van der Waals surface area contributed by atoms with Crippen molar-refractivity contribution in [1.29, 1.82) is 0 Å². The molecular weight excluding hydrogens is 427 g/mol. The smallest absolute Gasteiger partial charge is 0.297 e. The molecule has 0 spiro atoms. The van der Waals surface area contributed by atoms with Gasteiger partial charge in [-0.2, -0.15) is 8.42 Å². The molecule has 168 valence electrons. The Balaban J connectivity index is 1.42. The van der Waals surface area contributed by atoms with E-state index in [1.807, 2.05) is 25.1 Å². The van der Waals surface area contributed by atoms with E-state index >= 15 is 0 Å². The van der Waals surface area contributed by atoms with E-state index in [9.17, 15) is 17.9 Å². The molecule has 0 saturated heterocycles. The average Bonchev–Trinajstić information content (AvgIpc) is 2.93. The quantitative estimate of drug-likeness (QED) is 0.515. The van der Waals surface area contributed by atoms with E-state index in [-0.39, 0.29) is 23.2 Å². The molecule has 1 aliphatic carbocycles. The van der Waals surface area contributed by atoms with E-state index in [0.29, 0.717) is 19.3 Å². The van der Waals surface area contributed by atoms with E-state index in [1.54, 1.807) is 18.2 Å². The number of aliphatic hydroxyl groups excluding tert-OH is 1. The van der Waals surface area contributed by atoms with Gasteiger partial charge in [0.15, 0.2) is 0 Å². The molecule has 0 saturated carbocycles. The third-order valence-electron chi connectivity index (χ3n) is 6.08. The van der Waals surface area contributed by atoms with E-state index < -0.39 is 16.2 Å². The molecule has 1 N–H and O–H groups in total. The number of hydrogen-bond donors (Lipinski definition) is 1. The van der Waals surface area contributed by atoms with Crippen LogP contribution in [0.1, 0.15) is 46.6 Å². The van der Waals surface area contributed by atoms with Crippen LogP contribution in [-0.4, -0.2) is 26.2 Å². The van der Waals surface area contributed by atoms with Crippen molar-refractivity contribution in [2.24, 2.45) is 0 Å². The minimum atomic E-state index is -3.92. The lowest BCUT2D eigenvalue weighted by molar-refractivity contribution is 0.0991. The molecule has 0 unspecified atom stereocenters. The molecule has 0 aliphatic heterocycles. The first kappa shape index (κ1) is 22.6. The first-order chi connectivity index (χ1) is 15.3. The highest BCUT2D eigenvalue weighted by Gasteiger charge is 2.24. The zero-order chi connectivity index (χ0) is 22.7. The van der Waals surface area contributed by atoms with Crippen molar-refractivity contribution in [1.82, 2.24) is 0 Å². The van der Waals surface area contributed by atoms with Gasteiger partial charge in [0.1, 0.15) is 5.82 Å². The van der Waals surface area contributed by atoms with Gasteiger partial charge in [0.2, 0.25) is 0 Å². The van der Waals surface area contributed by atoms with Crippen molar-refractivity contribution >= 4 is 10.1 Å². The summed E-state index contributed by atoms with van der Waals surface area (Å²) in [5.74, 6) is -0.138. The van der Waals surface area contributed by atoms with Crippen LogP contribution >= 0.6 is 0 Å². The molecule has 0 amide bonds. The number of aliphatic hydroxyl groups is 1. The molecule has 6 heteroatoms. The maximum Gasteiger partial charge on any atom is 0.297 e. The predicted octanol–water partition coefficient (Wildman–Crippen LogP) is 4.91. The van der Waals surface area contributed by atoms with E-state index in [4.69, 9.17) is 4.18 Å². The van der Waals surface area contributed by atoms with Gasteiger partial charge < -0.3 is 5.11 Å². The highest BCUT2D eigenvalue weighted by Crippen LogP contribution is 2.35. The van der Waals surface area contributed by atoms with Gasteiger partial charge in [0.25, 0.3) is 10.1 Å². The molecular formula is C26H27FO4S. The zero-order valence-corrected chi connectivity index (χ0v) is 18.8. The Labute approximate surface area is 188 Å². The van der Waals surface area contributed by atoms with Crippen LogP contribution in [0.25, 0.3) is 0 Å². The number of halogens is 1. The number of rotatable bonds is 7. The molecule has 3 aromatic rings. The summed E-state index contributed by atoms with van der Waals surface area (Å²) >= 11 is 0. The zero-order valence-electron chi connectivity index (χ0n) is 18.0. The van der Waals surface area contributed by atoms with Crippen molar-refractivity contribution in [2.45, 2.75) is 49.5 Å². The monoisotopic (exact) mass is 454 g/mol. The lowest BCUT2D eigenvalue weighted by Gasteiger charge is -2.20. The molecule has 0 heterocycles. The summed E-state index contributed by atoms with van der Waals surface area (Å²) in [5.41, 5.74) is 5.46. The van der Waals surface area contributed by atoms with Gasteiger partial charge in [-0.3, -0.25) is 4.18 Å². The van der Waals surface area contributed by atoms with Crippen LogP contribution in [0, 0.1) is 12.7 Å². The molecule has 2 atom stereocenters. The Morgan fingerprint density at radius 2 is 1.78 bits per heavy atom. The van der Waals surface area contributed by atoms with Crippen LogP contribution < -0.4 is 0 Å². The molecule has 1 aliphatic rings. The summed E-state index contributed by atoms with van der Waals surface area (Å²) in [7, 11) is -3.92. The van der Waals surface area contributed by atoms with Crippen molar-refractivity contribution in [3.8, 4) is 0 Å². The minimum Gasteiger partial charge on any atom is -0.391 e. The maximum atomic E-state index is 13.9. The van der Waals surface area contributed by atoms with Gasteiger partial charge in [-0.15, -0.1) is 0 Å². The molecule has 0 fully saturated rings. The van der Waals surface area contributed by atoms with Crippen molar-refractivity contribution in [3.05, 3.63) is 100 Å². The van der Waals surface area contributed by atoms with Gasteiger partial charge >= 0.3 is 0 Å².